The van der Waals surface area contributed by atoms with Crippen molar-refractivity contribution in [3.63, 3.8) is 0 Å². The molecule has 2 heterocycles. The summed E-state index contributed by atoms with van der Waals surface area (Å²) in [5.74, 6) is 0.124. The molecule has 0 unspecified atom stereocenters. The first-order chi connectivity index (χ1) is 13.0. The Morgan fingerprint density at radius 3 is 2.56 bits per heavy atom. The molecule has 0 spiro atoms. The van der Waals surface area contributed by atoms with Crippen LogP contribution in [0.3, 0.4) is 0 Å². The highest BCUT2D eigenvalue weighted by molar-refractivity contribution is 6.04. The number of aliphatic hydroxyl groups is 1. The molecule has 1 N–H and O–H groups in total. The van der Waals surface area contributed by atoms with Gasteiger partial charge >= 0.3 is 5.97 Å². The summed E-state index contributed by atoms with van der Waals surface area (Å²) in [6.45, 7) is 1.78. The number of carbonyl (C=O) groups is 2. The van der Waals surface area contributed by atoms with Gasteiger partial charge in [-0.3, -0.25) is 4.79 Å². The van der Waals surface area contributed by atoms with Crippen molar-refractivity contribution in [2.75, 3.05) is 18.8 Å². The maximum absolute atomic E-state index is 12.7. The minimum absolute atomic E-state index is 0.168. The Balaban J connectivity index is 1.68. The Hall–Kier alpha value is -3.06. The molecule has 2 aromatic carbocycles. The lowest BCUT2D eigenvalue weighted by molar-refractivity contribution is -0.135. The van der Waals surface area contributed by atoms with Crippen LogP contribution in [0.2, 0.25) is 0 Å². The first-order valence-electron chi connectivity index (χ1n) is 8.60. The molecular formula is C20H19NO6. The summed E-state index contributed by atoms with van der Waals surface area (Å²) in [5.41, 5.74) is 1.90. The highest BCUT2D eigenvalue weighted by Gasteiger charge is 2.51. The monoisotopic (exact) mass is 369 g/mol. The van der Waals surface area contributed by atoms with E-state index in [1.807, 2.05) is 12.1 Å². The van der Waals surface area contributed by atoms with Gasteiger partial charge in [-0.1, -0.05) is 6.07 Å². The number of hydrogen-bond acceptors (Lipinski definition) is 6. The molecule has 0 bridgehead atoms. The number of fused-ring (bicyclic) bond motifs is 1. The zero-order chi connectivity index (χ0) is 19.1. The average molecular weight is 369 g/mol. The number of benzene rings is 2. The number of esters is 1. The maximum Gasteiger partial charge on any atom is 0.337 e. The number of rotatable bonds is 4. The SMILES string of the molecule is COC(=O)c1ccc(N2C(=O)[C@H]([C@@H](C)O)[C@H]2c2ccc3c(c2)OCO3)cc1. The summed E-state index contributed by atoms with van der Waals surface area (Å²) in [7, 11) is 1.32. The first-order valence-corrected chi connectivity index (χ1v) is 8.60. The zero-order valence-electron chi connectivity index (χ0n) is 14.9. The van der Waals surface area contributed by atoms with Gasteiger partial charge in [0.15, 0.2) is 11.5 Å². The third kappa shape index (κ3) is 2.80. The van der Waals surface area contributed by atoms with Crippen LogP contribution >= 0.6 is 0 Å². The number of nitrogens with zero attached hydrogens (tertiary/aromatic N) is 1. The number of ether oxygens (including phenoxy) is 3. The average Bonchev–Trinajstić information content (AvgIpc) is 3.13. The van der Waals surface area contributed by atoms with Crippen molar-refractivity contribution < 1.29 is 28.9 Å². The van der Waals surface area contributed by atoms with Crippen LogP contribution in [0.15, 0.2) is 42.5 Å². The van der Waals surface area contributed by atoms with Crippen molar-refractivity contribution in [3.05, 3.63) is 53.6 Å². The molecule has 0 saturated carbocycles. The minimum Gasteiger partial charge on any atom is -0.465 e. The van der Waals surface area contributed by atoms with Crippen molar-refractivity contribution in [2.45, 2.75) is 19.1 Å². The lowest BCUT2D eigenvalue weighted by atomic mass is 9.78. The lowest BCUT2D eigenvalue weighted by Gasteiger charge is -2.48. The van der Waals surface area contributed by atoms with Gasteiger partial charge < -0.3 is 24.2 Å². The second kappa shape index (κ2) is 6.59. The van der Waals surface area contributed by atoms with E-state index in [0.717, 1.165) is 5.56 Å². The molecule has 1 amide bonds. The Bertz CT molecular complexity index is 892. The second-order valence-electron chi connectivity index (χ2n) is 6.57. The predicted octanol–water partition coefficient (Wildman–Crippen LogP) is 2.29. The van der Waals surface area contributed by atoms with E-state index in [4.69, 9.17) is 14.2 Å². The maximum atomic E-state index is 12.7. The molecule has 1 saturated heterocycles. The number of amides is 1. The van der Waals surface area contributed by atoms with Crippen molar-refractivity contribution in [2.24, 2.45) is 5.92 Å². The van der Waals surface area contributed by atoms with E-state index in [9.17, 15) is 14.7 Å². The first kappa shape index (κ1) is 17.4. The number of aliphatic hydroxyl groups excluding tert-OH is 1. The number of hydrogen-bond donors (Lipinski definition) is 1. The quantitative estimate of drug-likeness (QED) is 0.657. The van der Waals surface area contributed by atoms with Crippen LogP contribution in [0, 0.1) is 5.92 Å². The summed E-state index contributed by atoms with van der Waals surface area (Å²) in [6, 6.07) is 11.8. The van der Waals surface area contributed by atoms with Gasteiger partial charge in [0.1, 0.15) is 0 Å². The van der Waals surface area contributed by atoms with Gasteiger partial charge in [0.05, 0.1) is 30.7 Å². The Kier molecular flexibility index (Phi) is 4.24. The number of β-lactam (4-membered cyclic amide) rings is 1. The predicted molar refractivity (Wildman–Crippen MR) is 95.7 cm³/mol. The molecular weight excluding hydrogens is 350 g/mol. The molecule has 140 valence electrons. The smallest absolute Gasteiger partial charge is 0.337 e. The number of anilines is 1. The molecule has 2 aromatic rings. The van der Waals surface area contributed by atoms with E-state index in [-0.39, 0.29) is 18.7 Å². The lowest BCUT2D eigenvalue weighted by Crippen LogP contribution is -2.59. The van der Waals surface area contributed by atoms with Gasteiger partial charge in [0.25, 0.3) is 0 Å². The van der Waals surface area contributed by atoms with Crippen molar-refractivity contribution in [1.29, 1.82) is 0 Å². The Morgan fingerprint density at radius 2 is 1.89 bits per heavy atom. The second-order valence-corrected chi connectivity index (χ2v) is 6.57. The molecule has 0 aliphatic carbocycles. The van der Waals surface area contributed by atoms with E-state index in [1.165, 1.54) is 7.11 Å². The molecule has 4 rings (SSSR count). The van der Waals surface area contributed by atoms with Crippen LogP contribution in [0.5, 0.6) is 11.5 Å². The van der Waals surface area contributed by atoms with Crippen LogP contribution in [0.1, 0.15) is 28.9 Å². The highest BCUT2D eigenvalue weighted by Crippen LogP contribution is 2.47. The van der Waals surface area contributed by atoms with Gasteiger partial charge in [-0.2, -0.15) is 0 Å². The third-order valence-corrected chi connectivity index (χ3v) is 4.97. The molecule has 7 nitrogen and oxygen atoms in total. The molecule has 2 aliphatic heterocycles. The van der Waals surface area contributed by atoms with Crippen molar-refractivity contribution in [3.8, 4) is 11.5 Å². The Labute approximate surface area is 156 Å². The van der Waals surface area contributed by atoms with Gasteiger partial charge in [-0.05, 0) is 48.9 Å². The summed E-state index contributed by atoms with van der Waals surface area (Å²) in [6.07, 6.45) is -0.793. The van der Waals surface area contributed by atoms with Crippen LogP contribution in [-0.4, -0.2) is 37.0 Å². The van der Waals surface area contributed by atoms with Crippen molar-refractivity contribution >= 4 is 17.6 Å². The fraction of sp³-hybridized carbons (Fsp3) is 0.300. The molecule has 0 aromatic heterocycles. The normalized spacial score (nSPS) is 21.6. The van der Waals surface area contributed by atoms with E-state index in [0.29, 0.717) is 22.7 Å². The van der Waals surface area contributed by atoms with Gasteiger partial charge in [-0.15, -0.1) is 0 Å². The molecule has 1 fully saturated rings. The zero-order valence-corrected chi connectivity index (χ0v) is 14.9. The van der Waals surface area contributed by atoms with E-state index in [1.54, 1.807) is 42.2 Å². The van der Waals surface area contributed by atoms with Crippen LogP contribution in [-0.2, 0) is 9.53 Å². The third-order valence-electron chi connectivity index (χ3n) is 4.97. The van der Waals surface area contributed by atoms with Gasteiger partial charge in [0, 0.05) is 5.69 Å². The van der Waals surface area contributed by atoms with E-state index in [2.05, 4.69) is 0 Å². The molecule has 3 atom stereocenters. The summed E-state index contributed by atoms with van der Waals surface area (Å²) < 4.78 is 15.5. The van der Waals surface area contributed by atoms with Gasteiger partial charge in [0.2, 0.25) is 12.7 Å². The fourth-order valence-corrected chi connectivity index (χ4v) is 3.60. The van der Waals surface area contributed by atoms with Crippen molar-refractivity contribution in [1.82, 2.24) is 0 Å². The highest BCUT2D eigenvalue weighted by atomic mass is 16.7. The summed E-state index contributed by atoms with van der Waals surface area (Å²) in [4.78, 5) is 26.0. The number of carbonyl (C=O) groups excluding carboxylic acids is 2. The molecule has 2 aliphatic rings. The largest absolute Gasteiger partial charge is 0.465 e. The summed E-state index contributed by atoms with van der Waals surface area (Å²) in [5, 5.41) is 10.1. The van der Waals surface area contributed by atoms with E-state index >= 15 is 0 Å². The Morgan fingerprint density at radius 1 is 1.19 bits per heavy atom. The van der Waals surface area contributed by atoms with Crippen LogP contribution in [0.4, 0.5) is 5.69 Å². The van der Waals surface area contributed by atoms with Crippen LogP contribution in [0.25, 0.3) is 0 Å². The van der Waals surface area contributed by atoms with Crippen LogP contribution < -0.4 is 14.4 Å². The molecule has 7 heteroatoms. The molecule has 0 radical (unpaired) electrons. The van der Waals surface area contributed by atoms with Gasteiger partial charge in [-0.25, -0.2) is 4.79 Å². The topological polar surface area (TPSA) is 85.3 Å². The van der Waals surface area contributed by atoms with E-state index < -0.39 is 18.0 Å². The molecule has 27 heavy (non-hydrogen) atoms. The fourth-order valence-electron chi connectivity index (χ4n) is 3.60. The number of methoxy groups -OCH3 is 1. The minimum atomic E-state index is -0.793. The summed E-state index contributed by atoms with van der Waals surface area (Å²) >= 11 is 0. The standard InChI is InChI=1S/C20H19NO6/c1-11(22)17-18(13-5-8-15-16(9-13)27-10-26-15)21(19(17)23)14-6-3-12(4-7-14)20(24)25-2/h3-9,11,17-18,22H,10H2,1-2H3/t11-,17-,18-/m1/s1.